The predicted molar refractivity (Wildman–Crippen MR) is 155 cm³/mol. The average molecular weight is 611 g/mol. The van der Waals surface area contributed by atoms with Crippen molar-refractivity contribution in [3.63, 3.8) is 0 Å². The first kappa shape index (κ1) is 31.2. The highest BCUT2D eigenvalue weighted by molar-refractivity contribution is 7.92. The molecule has 0 radical (unpaired) electrons. The second-order valence-electron chi connectivity index (χ2n) is 11.6. The lowest BCUT2D eigenvalue weighted by molar-refractivity contribution is -0.0784. The Hall–Kier alpha value is -2.79. The largest absolute Gasteiger partial charge is 0.303 e. The molecule has 0 spiro atoms. The van der Waals surface area contributed by atoms with Crippen molar-refractivity contribution in [2.45, 2.75) is 83.6 Å². The normalized spacial score (nSPS) is 17.6. The number of hydrogen-bond donors (Lipinski definition) is 1. The second kappa shape index (κ2) is 10.8. The van der Waals surface area contributed by atoms with E-state index in [1.807, 2.05) is 13.8 Å². The van der Waals surface area contributed by atoms with E-state index in [9.17, 15) is 22.0 Å². The van der Waals surface area contributed by atoms with Crippen LogP contribution in [0.5, 0.6) is 0 Å². The Labute approximate surface area is 242 Å². The first-order chi connectivity index (χ1) is 18.9. The van der Waals surface area contributed by atoms with Gasteiger partial charge in [0, 0.05) is 31.1 Å². The molecule has 2 aromatic heterocycles. The summed E-state index contributed by atoms with van der Waals surface area (Å²) in [5, 5.41) is 7.82. The lowest BCUT2D eigenvalue weighted by Crippen LogP contribution is -2.34. The maximum Gasteiger partial charge on any atom is 0.267 e. The molecule has 1 atom stereocenters. The van der Waals surface area contributed by atoms with Gasteiger partial charge in [0.2, 0.25) is 5.92 Å². The van der Waals surface area contributed by atoms with Crippen LogP contribution in [0.15, 0.2) is 23.0 Å². The van der Waals surface area contributed by atoms with Gasteiger partial charge in [0.05, 0.1) is 27.5 Å². The number of nitrogens with one attached hydrogen (secondary N) is 1. The highest BCUT2D eigenvalue weighted by Gasteiger charge is 2.46. The van der Waals surface area contributed by atoms with Gasteiger partial charge in [-0.15, -0.1) is 0 Å². The second-order valence-corrected chi connectivity index (χ2v) is 14.3. The summed E-state index contributed by atoms with van der Waals surface area (Å²) in [5.74, 6) is -2.52. The van der Waals surface area contributed by atoms with Crippen molar-refractivity contribution in [2.75, 3.05) is 6.26 Å². The molecule has 4 rings (SSSR count). The Kier molecular flexibility index (Phi) is 8.21. The van der Waals surface area contributed by atoms with E-state index in [0.29, 0.717) is 29.1 Å². The lowest BCUT2D eigenvalue weighted by atomic mass is 9.81. The minimum Gasteiger partial charge on any atom is -0.303 e. The van der Waals surface area contributed by atoms with E-state index >= 15 is 4.39 Å². The lowest BCUT2D eigenvalue weighted by Gasteiger charge is -2.33. The third-order valence-electron chi connectivity index (χ3n) is 7.88. The van der Waals surface area contributed by atoms with Crippen molar-refractivity contribution < 1.29 is 21.6 Å². The molecule has 1 unspecified atom stereocenters. The summed E-state index contributed by atoms with van der Waals surface area (Å²) in [4.78, 5) is 23.2. The van der Waals surface area contributed by atoms with Crippen LogP contribution in [0.3, 0.4) is 0 Å². The van der Waals surface area contributed by atoms with Gasteiger partial charge in [-0.25, -0.2) is 31.6 Å². The summed E-state index contributed by atoms with van der Waals surface area (Å²) in [6, 6.07) is 4.57. The summed E-state index contributed by atoms with van der Waals surface area (Å²) in [6.45, 7) is 8.59. The van der Waals surface area contributed by atoms with Crippen LogP contribution < -0.4 is 5.56 Å². The van der Waals surface area contributed by atoms with Crippen LogP contribution >= 0.6 is 11.6 Å². The summed E-state index contributed by atoms with van der Waals surface area (Å²) in [6.07, 6.45) is -0.529. The van der Waals surface area contributed by atoms with E-state index < -0.39 is 45.1 Å². The number of rotatable bonds is 7. The molecule has 0 bridgehead atoms. The number of hydrogen-bond acceptors (Lipinski definition) is 6. The SMILES string of the molecule is Cc1c(-n2c(CC(C)C)nc3nc(C4(F)CCC(F)(F)CC4)cc(C)c3c2=O)ccc(Cl)c1C(=N)C(C)S(C)(=O)=O. The molecule has 1 aliphatic carbocycles. The molecule has 1 saturated carbocycles. The van der Waals surface area contributed by atoms with E-state index in [1.54, 1.807) is 19.9 Å². The molecule has 0 saturated heterocycles. The summed E-state index contributed by atoms with van der Waals surface area (Å²) < 4.78 is 69.3. The molecule has 2 heterocycles. The molecule has 1 aliphatic rings. The van der Waals surface area contributed by atoms with E-state index in [2.05, 4.69) is 4.98 Å². The van der Waals surface area contributed by atoms with E-state index in [0.717, 1.165) is 6.26 Å². The van der Waals surface area contributed by atoms with Crippen molar-refractivity contribution in [1.82, 2.24) is 14.5 Å². The summed E-state index contributed by atoms with van der Waals surface area (Å²) in [7, 11) is -3.60. The maximum absolute atomic E-state index is 15.9. The Morgan fingerprint density at radius 2 is 1.71 bits per heavy atom. The van der Waals surface area contributed by atoms with Crippen LogP contribution in [0, 0.1) is 25.2 Å². The van der Waals surface area contributed by atoms with Crippen molar-refractivity contribution in [2.24, 2.45) is 5.92 Å². The van der Waals surface area contributed by atoms with Crippen molar-refractivity contribution in [3.8, 4) is 5.69 Å². The zero-order chi connectivity index (χ0) is 30.7. The molecule has 222 valence electrons. The fraction of sp³-hybridized carbons (Fsp3) is 0.517. The summed E-state index contributed by atoms with van der Waals surface area (Å²) in [5.41, 5.74) is -1.25. The number of nitrogens with zero attached hydrogens (tertiary/aromatic N) is 3. The molecule has 3 aromatic rings. The van der Waals surface area contributed by atoms with Crippen LogP contribution in [0.4, 0.5) is 13.2 Å². The van der Waals surface area contributed by atoms with Crippen LogP contribution in [-0.2, 0) is 21.9 Å². The summed E-state index contributed by atoms with van der Waals surface area (Å²) >= 11 is 6.45. The fourth-order valence-electron chi connectivity index (χ4n) is 5.31. The van der Waals surface area contributed by atoms with Crippen LogP contribution in [-0.4, -0.2) is 46.1 Å². The minimum absolute atomic E-state index is 0.00804. The van der Waals surface area contributed by atoms with E-state index in [4.69, 9.17) is 22.0 Å². The molecule has 41 heavy (non-hydrogen) atoms. The number of sulfone groups is 1. The Morgan fingerprint density at radius 3 is 2.27 bits per heavy atom. The van der Waals surface area contributed by atoms with Gasteiger partial charge in [-0.1, -0.05) is 25.4 Å². The number of benzene rings is 1. The predicted octanol–water partition coefficient (Wildman–Crippen LogP) is 6.42. The fourth-order valence-corrected chi connectivity index (χ4v) is 6.16. The highest BCUT2D eigenvalue weighted by Crippen LogP contribution is 2.46. The van der Waals surface area contributed by atoms with Crippen molar-refractivity contribution in [3.05, 3.63) is 61.8 Å². The van der Waals surface area contributed by atoms with Crippen LogP contribution in [0.25, 0.3) is 16.7 Å². The number of halogens is 4. The Morgan fingerprint density at radius 1 is 1.10 bits per heavy atom. The zero-order valence-electron chi connectivity index (χ0n) is 23.9. The molecular weight excluding hydrogens is 577 g/mol. The van der Waals surface area contributed by atoms with Gasteiger partial charge in [0.25, 0.3) is 5.56 Å². The van der Waals surface area contributed by atoms with E-state index in [-0.39, 0.29) is 51.8 Å². The monoisotopic (exact) mass is 610 g/mol. The zero-order valence-corrected chi connectivity index (χ0v) is 25.5. The van der Waals surface area contributed by atoms with Crippen LogP contribution in [0.2, 0.25) is 5.02 Å². The molecule has 0 aliphatic heterocycles. The third kappa shape index (κ3) is 5.93. The number of pyridine rings is 1. The first-order valence-electron chi connectivity index (χ1n) is 13.4. The number of aryl methyl sites for hydroxylation is 1. The first-order valence-corrected chi connectivity index (χ1v) is 15.8. The quantitative estimate of drug-likeness (QED) is 0.311. The van der Waals surface area contributed by atoms with E-state index in [1.165, 1.54) is 23.6 Å². The molecule has 0 amide bonds. The number of aromatic nitrogens is 3. The molecule has 1 N–H and O–H groups in total. The topological polar surface area (TPSA) is 106 Å². The molecule has 1 aromatic carbocycles. The number of alkyl halides is 3. The number of fused-ring (bicyclic) bond motifs is 1. The van der Waals surface area contributed by atoms with Gasteiger partial charge >= 0.3 is 0 Å². The standard InChI is InChI=1S/C29H34ClF3N4O3S/c1-15(2)13-22-36-26-23(16(3)14-21(35-26)28(31)9-11-29(32,33)12-10-28)27(38)37(22)20-8-7-19(30)24(17(20)4)25(34)18(5)41(6,39)40/h7-8,14-15,18,34H,9-13H2,1-6H3. The van der Waals surface area contributed by atoms with Gasteiger partial charge in [-0.3, -0.25) is 9.36 Å². The molecular formula is C29H34ClF3N4O3S. The van der Waals surface area contributed by atoms with Gasteiger partial charge in [0.1, 0.15) is 11.1 Å². The Balaban J connectivity index is 1.96. The maximum atomic E-state index is 15.9. The van der Waals surface area contributed by atoms with Gasteiger partial charge in [0.15, 0.2) is 21.2 Å². The molecule has 7 nitrogen and oxygen atoms in total. The average Bonchev–Trinajstić information content (AvgIpc) is 2.85. The minimum atomic E-state index is -3.60. The van der Waals surface area contributed by atoms with Gasteiger partial charge < -0.3 is 5.41 Å². The van der Waals surface area contributed by atoms with Gasteiger partial charge in [-0.05, 0) is 68.9 Å². The third-order valence-corrected chi connectivity index (χ3v) is 9.71. The van der Waals surface area contributed by atoms with Crippen LogP contribution in [0.1, 0.15) is 74.7 Å². The van der Waals surface area contributed by atoms with Crippen molar-refractivity contribution >= 4 is 38.2 Å². The van der Waals surface area contributed by atoms with Crippen molar-refractivity contribution in [1.29, 1.82) is 5.41 Å². The highest BCUT2D eigenvalue weighted by atomic mass is 35.5. The molecule has 1 fully saturated rings. The Bertz CT molecular complexity index is 1710. The van der Waals surface area contributed by atoms with Gasteiger partial charge in [-0.2, -0.15) is 0 Å². The molecule has 12 heteroatoms. The smallest absolute Gasteiger partial charge is 0.267 e.